The van der Waals surface area contributed by atoms with Crippen molar-refractivity contribution in [1.82, 2.24) is 4.31 Å². The topological polar surface area (TPSA) is 92.8 Å². The first-order chi connectivity index (χ1) is 14.7. The van der Waals surface area contributed by atoms with Crippen molar-refractivity contribution >= 4 is 27.6 Å². The third kappa shape index (κ3) is 5.48. The number of hydrogen-bond donors (Lipinski definition) is 1. The van der Waals surface area contributed by atoms with E-state index in [0.717, 1.165) is 19.3 Å². The van der Waals surface area contributed by atoms with Crippen molar-refractivity contribution in [3.05, 3.63) is 58.9 Å². The molecule has 166 valence electrons. The zero-order valence-corrected chi connectivity index (χ0v) is 18.3. The van der Waals surface area contributed by atoms with Gasteiger partial charge in [0.2, 0.25) is 10.0 Å². The second kappa shape index (κ2) is 9.57. The van der Waals surface area contributed by atoms with E-state index in [4.69, 9.17) is 4.74 Å². The summed E-state index contributed by atoms with van der Waals surface area (Å²) in [7, 11) is -3.72. The van der Waals surface area contributed by atoms with Crippen molar-refractivity contribution in [1.29, 1.82) is 0 Å². The van der Waals surface area contributed by atoms with Crippen molar-refractivity contribution < 1.29 is 27.1 Å². The van der Waals surface area contributed by atoms with Gasteiger partial charge in [-0.15, -0.1) is 0 Å². The lowest BCUT2D eigenvalue weighted by Crippen LogP contribution is -2.36. The maximum absolute atomic E-state index is 13.6. The molecule has 1 aliphatic heterocycles. The molecule has 0 radical (unpaired) electrons. The number of ether oxygens (including phenoxy) is 1. The highest BCUT2D eigenvalue weighted by Crippen LogP contribution is 2.24. The van der Waals surface area contributed by atoms with E-state index in [-0.39, 0.29) is 16.1 Å². The number of anilines is 1. The van der Waals surface area contributed by atoms with Crippen LogP contribution in [0.5, 0.6) is 0 Å². The fourth-order valence-electron chi connectivity index (χ4n) is 3.33. The highest BCUT2D eigenvalue weighted by atomic mass is 32.2. The van der Waals surface area contributed by atoms with E-state index in [1.807, 2.05) is 0 Å². The van der Waals surface area contributed by atoms with E-state index in [9.17, 15) is 22.4 Å². The average Bonchev–Trinajstić information content (AvgIpc) is 2.75. The lowest BCUT2D eigenvalue weighted by Gasteiger charge is -2.26. The fourth-order valence-corrected chi connectivity index (χ4v) is 5.10. The number of amides is 1. The summed E-state index contributed by atoms with van der Waals surface area (Å²) in [5.41, 5.74) is 1.25. The van der Waals surface area contributed by atoms with E-state index in [1.165, 1.54) is 34.6 Å². The largest absolute Gasteiger partial charge is 0.452 e. The van der Waals surface area contributed by atoms with Crippen LogP contribution in [0.15, 0.2) is 41.3 Å². The molecule has 0 aromatic heterocycles. The molecule has 31 heavy (non-hydrogen) atoms. The van der Waals surface area contributed by atoms with Gasteiger partial charge in [0.1, 0.15) is 5.82 Å². The standard InChI is InChI=1S/C22H25FN2O5S/c1-15-7-9-18(13-19(15)23)24-21(26)14-30-22(27)17-8-6-16(2)20(12-17)31(28,29)25-10-4-3-5-11-25/h6-9,12-13H,3-5,10-11,14H2,1-2H3,(H,24,26). The molecule has 2 aromatic rings. The molecule has 1 heterocycles. The van der Waals surface area contributed by atoms with Crippen molar-refractivity contribution in [2.75, 3.05) is 25.0 Å². The van der Waals surface area contributed by atoms with Crippen molar-refractivity contribution in [2.45, 2.75) is 38.0 Å². The molecular formula is C22H25FN2O5S. The Morgan fingerprint density at radius 2 is 1.71 bits per heavy atom. The zero-order chi connectivity index (χ0) is 22.6. The Kier molecular flexibility index (Phi) is 7.07. The number of benzene rings is 2. The first-order valence-corrected chi connectivity index (χ1v) is 11.5. The van der Waals surface area contributed by atoms with Gasteiger partial charge in [-0.1, -0.05) is 18.6 Å². The van der Waals surface area contributed by atoms with Gasteiger partial charge < -0.3 is 10.1 Å². The van der Waals surface area contributed by atoms with E-state index >= 15 is 0 Å². The molecule has 9 heteroatoms. The SMILES string of the molecule is Cc1ccc(NC(=O)COC(=O)c2ccc(C)c(S(=O)(=O)N3CCCCC3)c2)cc1F. The summed E-state index contributed by atoms with van der Waals surface area (Å²) in [6.07, 6.45) is 2.61. The molecule has 1 amide bonds. The Bertz CT molecular complexity index is 1100. The number of hydrogen-bond acceptors (Lipinski definition) is 5. The Morgan fingerprint density at radius 1 is 1.03 bits per heavy atom. The van der Waals surface area contributed by atoms with Gasteiger partial charge in [0.05, 0.1) is 10.5 Å². The molecule has 3 rings (SSSR count). The summed E-state index contributed by atoms with van der Waals surface area (Å²) in [6, 6.07) is 8.52. The predicted molar refractivity (Wildman–Crippen MR) is 114 cm³/mol. The molecule has 0 atom stereocenters. The first-order valence-electron chi connectivity index (χ1n) is 10.0. The summed E-state index contributed by atoms with van der Waals surface area (Å²) < 4.78 is 46.0. The lowest BCUT2D eigenvalue weighted by molar-refractivity contribution is -0.119. The number of piperidine rings is 1. The van der Waals surface area contributed by atoms with Gasteiger partial charge in [-0.25, -0.2) is 17.6 Å². The number of halogens is 1. The number of nitrogens with zero attached hydrogens (tertiary/aromatic N) is 1. The Balaban J connectivity index is 1.67. The quantitative estimate of drug-likeness (QED) is 0.684. The fraction of sp³-hybridized carbons (Fsp3) is 0.364. The van der Waals surface area contributed by atoms with Crippen LogP contribution < -0.4 is 5.32 Å². The maximum atomic E-state index is 13.6. The Morgan fingerprint density at radius 3 is 2.39 bits per heavy atom. The van der Waals surface area contributed by atoms with E-state index < -0.39 is 34.3 Å². The number of carbonyl (C=O) groups is 2. The van der Waals surface area contributed by atoms with Crippen molar-refractivity contribution in [2.24, 2.45) is 0 Å². The van der Waals surface area contributed by atoms with Gasteiger partial charge in [0, 0.05) is 18.8 Å². The van der Waals surface area contributed by atoms with E-state index in [0.29, 0.717) is 24.2 Å². The summed E-state index contributed by atoms with van der Waals surface area (Å²) >= 11 is 0. The molecule has 0 aliphatic carbocycles. The lowest BCUT2D eigenvalue weighted by atomic mass is 10.1. The normalized spacial score (nSPS) is 14.8. The van der Waals surface area contributed by atoms with Crippen LogP contribution in [0.25, 0.3) is 0 Å². The number of esters is 1. The van der Waals surface area contributed by atoms with Gasteiger partial charge in [-0.2, -0.15) is 4.31 Å². The minimum Gasteiger partial charge on any atom is -0.452 e. The van der Waals surface area contributed by atoms with Crippen LogP contribution in [0.3, 0.4) is 0 Å². The van der Waals surface area contributed by atoms with Crippen LogP contribution in [0.4, 0.5) is 10.1 Å². The molecular weight excluding hydrogens is 423 g/mol. The highest BCUT2D eigenvalue weighted by molar-refractivity contribution is 7.89. The molecule has 2 aromatic carbocycles. The summed E-state index contributed by atoms with van der Waals surface area (Å²) in [4.78, 5) is 24.5. The van der Waals surface area contributed by atoms with Crippen LogP contribution in [0.1, 0.15) is 40.7 Å². The molecule has 0 unspecified atom stereocenters. The van der Waals surface area contributed by atoms with Crippen LogP contribution in [0.2, 0.25) is 0 Å². The molecule has 0 spiro atoms. The number of nitrogens with one attached hydrogen (secondary N) is 1. The van der Waals surface area contributed by atoms with Gasteiger partial charge in [0.15, 0.2) is 6.61 Å². The van der Waals surface area contributed by atoms with Crippen LogP contribution in [-0.2, 0) is 19.6 Å². The molecule has 1 saturated heterocycles. The first kappa shape index (κ1) is 22.9. The van der Waals surface area contributed by atoms with E-state index in [2.05, 4.69) is 5.32 Å². The minimum atomic E-state index is -3.72. The molecule has 0 saturated carbocycles. The number of carbonyl (C=O) groups excluding carboxylic acids is 2. The van der Waals surface area contributed by atoms with Crippen LogP contribution in [-0.4, -0.2) is 44.3 Å². The smallest absolute Gasteiger partial charge is 0.338 e. The van der Waals surface area contributed by atoms with Gasteiger partial charge in [-0.05, 0) is 62.1 Å². The Labute approximate surface area is 181 Å². The zero-order valence-electron chi connectivity index (χ0n) is 17.5. The summed E-state index contributed by atoms with van der Waals surface area (Å²) in [5, 5.41) is 2.45. The number of rotatable bonds is 6. The van der Waals surface area contributed by atoms with Crippen LogP contribution in [0, 0.1) is 19.7 Å². The minimum absolute atomic E-state index is 0.0374. The summed E-state index contributed by atoms with van der Waals surface area (Å²) in [6.45, 7) is 3.59. The molecule has 7 nitrogen and oxygen atoms in total. The summed E-state index contributed by atoms with van der Waals surface area (Å²) in [5.74, 6) is -1.91. The van der Waals surface area contributed by atoms with E-state index in [1.54, 1.807) is 19.9 Å². The van der Waals surface area contributed by atoms with Crippen LogP contribution >= 0.6 is 0 Å². The second-order valence-electron chi connectivity index (χ2n) is 7.53. The van der Waals surface area contributed by atoms with Gasteiger partial charge in [0.25, 0.3) is 5.91 Å². The molecule has 1 aliphatic rings. The number of aryl methyl sites for hydroxylation is 2. The third-order valence-electron chi connectivity index (χ3n) is 5.15. The van der Waals surface area contributed by atoms with Gasteiger partial charge in [-0.3, -0.25) is 4.79 Å². The van der Waals surface area contributed by atoms with Gasteiger partial charge >= 0.3 is 5.97 Å². The number of sulfonamides is 1. The highest BCUT2D eigenvalue weighted by Gasteiger charge is 2.28. The second-order valence-corrected chi connectivity index (χ2v) is 9.44. The third-order valence-corrected chi connectivity index (χ3v) is 7.19. The predicted octanol–water partition coefficient (Wildman–Crippen LogP) is 3.41. The molecule has 1 fully saturated rings. The molecule has 1 N–H and O–H groups in total. The van der Waals surface area contributed by atoms with Crippen molar-refractivity contribution in [3.8, 4) is 0 Å². The monoisotopic (exact) mass is 448 g/mol. The Hall–Kier alpha value is -2.78. The average molecular weight is 449 g/mol. The molecule has 0 bridgehead atoms. The van der Waals surface area contributed by atoms with Crippen molar-refractivity contribution in [3.63, 3.8) is 0 Å². The maximum Gasteiger partial charge on any atom is 0.338 e.